The van der Waals surface area contributed by atoms with Crippen molar-refractivity contribution in [1.29, 1.82) is 0 Å². The predicted molar refractivity (Wildman–Crippen MR) is 93.7 cm³/mol. The molecule has 0 bridgehead atoms. The number of aliphatic hydroxyl groups excluding tert-OH is 1. The summed E-state index contributed by atoms with van der Waals surface area (Å²) in [5, 5.41) is 13.8. The lowest BCUT2D eigenvalue weighted by Crippen LogP contribution is -2.48. The van der Waals surface area contributed by atoms with Gasteiger partial charge in [0.1, 0.15) is 5.82 Å². The van der Waals surface area contributed by atoms with E-state index in [0.29, 0.717) is 12.0 Å². The summed E-state index contributed by atoms with van der Waals surface area (Å²) in [7, 11) is 1.91. The molecule has 0 saturated heterocycles. The number of carbonyl (C=O) groups is 1. The lowest BCUT2D eigenvalue weighted by Gasteiger charge is -2.47. The zero-order valence-corrected chi connectivity index (χ0v) is 15.2. The molecule has 6 heteroatoms. The fourth-order valence-corrected chi connectivity index (χ4v) is 5.00. The first-order valence-electron chi connectivity index (χ1n) is 8.82. The molecule has 3 atom stereocenters. The summed E-state index contributed by atoms with van der Waals surface area (Å²) in [6.45, 7) is 6.20. The van der Waals surface area contributed by atoms with Crippen LogP contribution in [-0.4, -0.2) is 30.2 Å². The van der Waals surface area contributed by atoms with Crippen LogP contribution in [0.25, 0.3) is 5.69 Å². The van der Waals surface area contributed by atoms with Gasteiger partial charge in [0, 0.05) is 35.8 Å². The largest absolute Gasteiger partial charge is 0.515 e. The van der Waals surface area contributed by atoms with Crippen LogP contribution in [0.15, 0.2) is 24.2 Å². The Morgan fingerprint density at radius 3 is 2.84 bits per heavy atom. The Kier molecular flexibility index (Phi) is 3.42. The molecule has 0 radical (unpaired) electrons. The van der Waals surface area contributed by atoms with Gasteiger partial charge in [0.05, 0.1) is 23.8 Å². The predicted octanol–water partition coefficient (Wildman–Crippen LogP) is 2.79. The van der Waals surface area contributed by atoms with Gasteiger partial charge >= 0.3 is 0 Å². The van der Waals surface area contributed by atoms with Crippen LogP contribution < -0.4 is 0 Å². The average Bonchev–Trinajstić information content (AvgIpc) is 3.14. The first kappa shape index (κ1) is 16.1. The summed E-state index contributed by atoms with van der Waals surface area (Å²) in [5.74, 6) is 1.19. The smallest absolute Gasteiger partial charge is 0.165 e. The van der Waals surface area contributed by atoms with E-state index in [0.717, 1.165) is 36.3 Å². The van der Waals surface area contributed by atoms with E-state index in [4.69, 9.17) is 4.98 Å². The van der Waals surface area contributed by atoms with Crippen LogP contribution in [0.1, 0.15) is 43.9 Å². The highest BCUT2D eigenvalue weighted by Gasteiger charge is 2.52. The van der Waals surface area contributed by atoms with Crippen LogP contribution in [0, 0.1) is 18.8 Å². The van der Waals surface area contributed by atoms with Crippen LogP contribution >= 0.6 is 0 Å². The van der Waals surface area contributed by atoms with Crippen LogP contribution in [0.5, 0.6) is 0 Å². The van der Waals surface area contributed by atoms with Crippen LogP contribution in [0.4, 0.5) is 0 Å². The molecule has 2 aromatic heterocycles. The van der Waals surface area contributed by atoms with E-state index in [1.54, 1.807) is 4.68 Å². The van der Waals surface area contributed by atoms with Gasteiger partial charge in [0.2, 0.25) is 0 Å². The van der Waals surface area contributed by atoms with Crippen molar-refractivity contribution in [3.63, 3.8) is 0 Å². The number of fused-ring (bicyclic) bond motifs is 3. The monoisotopic (exact) mass is 340 g/mol. The molecule has 0 spiro atoms. The summed E-state index contributed by atoms with van der Waals surface area (Å²) < 4.78 is 3.98. The van der Waals surface area contributed by atoms with E-state index >= 15 is 0 Å². The van der Waals surface area contributed by atoms with Gasteiger partial charge in [0.25, 0.3) is 0 Å². The van der Waals surface area contributed by atoms with Gasteiger partial charge in [-0.05, 0) is 32.1 Å². The highest BCUT2D eigenvalue weighted by molar-refractivity contribution is 5.98. The van der Waals surface area contributed by atoms with Gasteiger partial charge in [0.15, 0.2) is 5.78 Å². The number of rotatable bonds is 1. The van der Waals surface area contributed by atoms with E-state index in [2.05, 4.69) is 16.6 Å². The van der Waals surface area contributed by atoms with Gasteiger partial charge in [-0.15, -0.1) is 0 Å². The van der Waals surface area contributed by atoms with Crippen molar-refractivity contribution in [2.75, 3.05) is 0 Å². The van der Waals surface area contributed by atoms with Gasteiger partial charge < -0.3 is 5.11 Å². The van der Waals surface area contributed by atoms with Crippen LogP contribution in [0.3, 0.4) is 0 Å². The standard InChI is InChI=1S/C19H24N4O2/c1-11-15-5-6-16-18(19(15,3)7-13(10-24)17(11)25)21-12(2)23(16)14-8-20-22(4)9-14/h8-11,15,24H,5-7H2,1-4H3/b13-10-/t11-,15-,19-/m0/s1. The maximum Gasteiger partial charge on any atom is 0.165 e. The van der Waals surface area contributed by atoms with E-state index in [1.807, 2.05) is 33.3 Å². The van der Waals surface area contributed by atoms with Crippen molar-refractivity contribution in [1.82, 2.24) is 19.3 Å². The first-order chi connectivity index (χ1) is 11.9. The first-order valence-corrected chi connectivity index (χ1v) is 8.82. The maximum atomic E-state index is 12.5. The molecule has 0 aromatic carbocycles. The second-order valence-electron chi connectivity index (χ2n) is 7.71. The van der Waals surface area contributed by atoms with Gasteiger partial charge in [-0.2, -0.15) is 5.10 Å². The molecule has 0 unspecified atom stereocenters. The molecular weight excluding hydrogens is 316 g/mol. The average molecular weight is 340 g/mol. The highest BCUT2D eigenvalue weighted by Crippen LogP contribution is 2.52. The molecule has 0 amide bonds. The SMILES string of the molecule is Cc1nc2c(n1-c1cnn(C)c1)CC[C@H]1[C@H](C)C(=O)/C(=C\O)C[C@]21C. The number of aryl methyl sites for hydroxylation is 2. The molecule has 1 fully saturated rings. The molecule has 1 saturated carbocycles. The van der Waals surface area contributed by atoms with Crippen molar-refractivity contribution >= 4 is 5.78 Å². The third-order valence-corrected chi connectivity index (χ3v) is 6.19. The number of hydrogen-bond acceptors (Lipinski definition) is 4. The summed E-state index contributed by atoms with van der Waals surface area (Å²) in [4.78, 5) is 17.4. The number of aliphatic hydroxyl groups is 1. The number of imidazole rings is 1. The van der Waals surface area contributed by atoms with E-state index in [1.165, 1.54) is 5.69 Å². The van der Waals surface area contributed by atoms with Gasteiger partial charge in [-0.3, -0.25) is 14.0 Å². The Bertz CT molecular complexity index is 891. The second kappa shape index (κ2) is 5.31. The zero-order valence-electron chi connectivity index (χ0n) is 15.2. The second-order valence-corrected chi connectivity index (χ2v) is 7.71. The summed E-state index contributed by atoms with van der Waals surface area (Å²) >= 11 is 0. The molecule has 4 rings (SSSR count). The number of ketones is 1. The topological polar surface area (TPSA) is 72.9 Å². The molecule has 132 valence electrons. The van der Waals surface area contributed by atoms with E-state index in [-0.39, 0.29) is 23.0 Å². The van der Waals surface area contributed by atoms with Crippen LogP contribution in [-0.2, 0) is 23.7 Å². The Hall–Kier alpha value is -2.37. The molecule has 2 aliphatic carbocycles. The lowest BCUT2D eigenvalue weighted by atomic mass is 9.56. The minimum absolute atomic E-state index is 0.0804. The molecule has 6 nitrogen and oxygen atoms in total. The van der Waals surface area contributed by atoms with Gasteiger partial charge in [-0.25, -0.2) is 4.98 Å². The lowest BCUT2D eigenvalue weighted by molar-refractivity contribution is -0.124. The highest BCUT2D eigenvalue weighted by atomic mass is 16.2. The molecular formula is C19H24N4O2. The number of nitrogens with zero attached hydrogens (tertiary/aromatic N) is 4. The fourth-order valence-electron chi connectivity index (χ4n) is 5.00. The molecule has 25 heavy (non-hydrogen) atoms. The van der Waals surface area contributed by atoms with Crippen molar-refractivity contribution in [3.8, 4) is 5.69 Å². The molecule has 0 aliphatic heterocycles. The number of Topliss-reactive ketones (excluding diaryl/α,β-unsaturated/α-hetero) is 1. The minimum atomic E-state index is -0.228. The molecule has 1 N–H and O–H groups in total. The minimum Gasteiger partial charge on any atom is -0.515 e. The summed E-state index contributed by atoms with van der Waals surface area (Å²) in [6, 6.07) is 0. The fraction of sp³-hybridized carbons (Fsp3) is 0.526. The van der Waals surface area contributed by atoms with E-state index < -0.39 is 0 Å². The number of allylic oxidation sites excluding steroid dienone is 1. The van der Waals surface area contributed by atoms with Gasteiger partial charge in [-0.1, -0.05) is 13.8 Å². The third-order valence-electron chi connectivity index (χ3n) is 6.19. The van der Waals surface area contributed by atoms with Crippen LogP contribution in [0.2, 0.25) is 0 Å². The third kappa shape index (κ3) is 2.12. The molecule has 2 aliphatic rings. The Morgan fingerprint density at radius 1 is 1.44 bits per heavy atom. The Labute approximate surface area is 147 Å². The van der Waals surface area contributed by atoms with Crippen molar-refractivity contribution in [3.05, 3.63) is 41.4 Å². The van der Waals surface area contributed by atoms with Crippen molar-refractivity contribution < 1.29 is 9.90 Å². The Morgan fingerprint density at radius 2 is 2.20 bits per heavy atom. The number of aromatic nitrogens is 4. The maximum absolute atomic E-state index is 12.5. The van der Waals surface area contributed by atoms with E-state index in [9.17, 15) is 9.90 Å². The summed E-state index contributed by atoms with van der Waals surface area (Å²) in [5.41, 5.74) is 3.60. The quantitative estimate of drug-likeness (QED) is 0.640. The Balaban J connectivity index is 1.88. The zero-order chi connectivity index (χ0) is 17.9. The van der Waals surface area contributed by atoms with Crippen molar-refractivity contribution in [2.24, 2.45) is 18.9 Å². The number of hydrogen-bond donors (Lipinski definition) is 1. The molecule has 2 aromatic rings. The van der Waals surface area contributed by atoms with Crippen molar-refractivity contribution in [2.45, 2.75) is 45.4 Å². The number of carbonyl (C=O) groups excluding carboxylic acids is 1. The normalized spacial score (nSPS) is 30.4. The summed E-state index contributed by atoms with van der Waals surface area (Å²) in [6.07, 6.45) is 7.26. The molecule has 2 heterocycles.